The van der Waals surface area contributed by atoms with Crippen LogP contribution in [0.1, 0.15) is 18.9 Å². The fourth-order valence-corrected chi connectivity index (χ4v) is 2.45. The summed E-state index contributed by atoms with van der Waals surface area (Å²) < 4.78 is 43.0. The zero-order chi connectivity index (χ0) is 17.8. The second-order valence-corrected chi connectivity index (χ2v) is 6.19. The van der Waals surface area contributed by atoms with Crippen LogP contribution >= 0.6 is 12.4 Å². The first kappa shape index (κ1) is 21.5. The summed E-state index contributed by atoms with van der Waals surface area (Å²) in [4.78, 5) is 12.1. The topological polar surface area (TPSA) is 70.6 Å². The van der Waals surface area contributed by atoms with Gasteiger partial charge < -0.3 is 20.5 Å². The SMILES string of the molecule is CC1(C(=O)NCC(O)COc2cccc(C(F)(F)F)c2)CCNC1.Cl. The smallest absolute Gasteiger partial charge is 0.416 e. The zero-order valence-electron chi connectivity index (χ0n) is 13.7. The molecule has 1 aromatic carbocycles. The highest BCUT2D eigenvalue weighted by atomic mass is 35.5. The maximum atomic E-state index is 12.6. The third-order valence-corrected chi connectivity index (χ3v) is 4.02. The number of nitrogens with one attached hydrogen (secondary N) is 2. The Morgan fingerprint density at radius 1 is 1.48 bits per heavy atom. The molecule has 3 N–H and O–H groups in total. The van der Waals surface area contributed by atoms with Crippen molar-refractivity contribution in [1.29, 1.82) is 0 Å². The Labute approximate surface area is 150 Å². The van der Waals surface area contributed by atoms with Gasteiger partial charge in [0.25, 0.3) is 0 Å². The van der Waals surface area contributed by atoms with Crippen LogP contribution in [0.15, 0.2) is 24.3 Å². The highest BCUT2D eigenvalue weighted by molar-refractivity contribution is 5.85. The third-order valence-electron chi connectivity index (χ3n) is 4.02. The van der Waals surface area contributed by atoms with E-state index in [0.29, 0.717) is 6.54 Å². The lowest BCUT2D eigenvalue weighted by Crippen LogP contribution is -2.44. The highest BCUT2D eigenvalue weighted by Crippen LogP contribution is 2.31. The van der Waals surface area contributed by atoms with Crippen LogP contribution in [0.25, 0.3) is 0 Å². The number of aliphatic hydroxyl groups excluding tert-OH is 1. The van der Waals surface area contributed by atoms with E-state index in [1.165, 1.54) is 12.1 Å². The van der Waals surface area contributed by atoms with Crippen LogP contribution in [0, 0.1) is 5.41 Å². The molecular formula is C16H22ClF3N2O3. The number of ether oxygens (including phenoxy) is 1. The van der Waals surface area contributed by atoms with Gasteiger partial charge in [-0.15, -0.1) is 12.4 Å². The molecule has 1 aliphatic heterocycles. The quantitative estimate of drug-likeness (QED) is 0.703. The minimum Gasteiger partial charge on any atom is -0.491 e. The molecule has 0 aliphatic carbocycles. The van der Waals surface area contributed by atoms with E-state index in [1.807, 2.05) is 6.92 Å². The average molecular weight is 383 g/mol. The van der Waals surface area contributed by atoms with E-state index in [4.69, 9.17) is 4.74 Å². The monoisotopic (exact) mass is 382 g/mol. The lowest BCUT2D eigenvalue weighted by atomic mass is 9.89. The normalized spacial score (nSPS) is 21.3. The van der Waals surface area contributed by atoms with E-state index < -0.39 is 23.3 Å². The molecule has 2 atom stereocenters. The molecule has 142 valence electrons. The molecule has 1 aliphatic rings. The number of benzene rings is 1. The summed E-state index contributed by atoms with van der Waals surface area (Å²) in [5, 5.41) is 15.6. The van der Waals surface area contributed by atoms with E-state index in [9.17, 15) is 23.1 Å². The maximum absolute atomic E-state index is 12.6. The average Bonchev–Trinajstić information content (AvgIpc) is 2.98. The number of halogens is 4. The number of hydrogen-bond acceptors (Lipinski definition) is 4. The van der Waals surface area contributed by atoms with E-state index in [-0.39, 0.29) is 37.2 Å². The summed E-state index contributed by atoms with van der Waals surface area (Å²) in [6.45, 7) is 2.96. The summed E-state index contributed by atoms with van der Waals surface area (Å²) in [6, 6.07) is 4.43. The van der Waals surface area contributed by atoms with Crippen LogP contribution in [0.5, 0.6) is 5.75 Å². The second-order valence-electron chi connectivity index (χ2n) is 6.19. The van der Waals surface area contributed by atoms with Crippen molar-refractivity contribution in [3.8, 4) is 5.75 Å². The molecule has 0 spiro atoms. The van der Waals surface area contributed by atoms with Gasteiger partial charge in [-0.1, -0.05) is 6.07 Å². The van der Waals surface area contributed by atoms with Crippen molar-refractivity contribution in [2.24, 2.45) is 5.41 Å². The van der Waals surface area contributed by atoms with Crippen molar-refractivity contribution in [2.45, 2.75) is 25.6 Å². The Kier molecular flexibility index (Phi) is 7.52. The lowest BCUT2D eigenvalue weighted by molar-refractivity contribution is -0.137. The van der Waals surface area contributed by atoms with Crippen LogP contribution < -0.4 is 15.4 Å². The minimum absolute atomic E-state index is 0. The number of carbonyl (C=O) groups is 1. The van der Waals surface area contributed by atoms with Gasteiger partial charge in [0.05, 0.1) is 11.0 Å². The van der Waals surface area contributed by atoms with Crippen molar-refractivity contribution in [3.63, 3.8) is 0 Å². The van der Waals surface area contributed by atoms with Crippen molar-refractivity contribution < 1.29 is 27.8 Å². The molecule has 0 radical (unpaired) electrons. The maximum Gasteiger partial charge on any atom is 0.416 e. The van der Waals surface area contributed by atoms with E-state index in [0.717, 1.165) is 25.1 Å². The van der Waals surface area contributed by atoms with Crippen molar-refractivity contribution >= 4 is 18.3 Å². The molecule has 1 saturated heterocycles. The van der Waals surface area contributed by atoms with Crippen LogP contribution in [0.2, 0.25) is 0 Å². The molecule has 1 aromatic rings. The molecule has 1 fully saturated rings. The predicted molar refractivity (Wildman–Crippen MR) is 88.8 cm³/mol. The first-order chi connectivity index (χ1) is 11.2. The highest BCUT2D eigenvalue weighted by Gasteiger charge is 2.36. The number of aliphatic hydroxyl groups is 1. The van der Waals surface area contributed by atoms with Crippen molar-refractivity contribution in [1.82, 2.24) is 10.6 Å². The van der Waals surface area contributed by atoms with E-state index >= 15 is 0 Å². The van der Waals surface area contributed by atoms with Crippen molar-refractivity contribution in [3.05, 3.63) is 29.8 Å². The summed E-state index contributed by atoms with van der Waals surface area (Å²) in [5.41, 5.74) is -1.31. The number of rotatable bonds is 6. The third kappa shape index (κ3) is 6.05. The summed E-state index contributed by atoms with van der Waals surface area (Å²) in [5.74, 6) is -0.146. The molecule has 0 bridgehead atoms. The minimum atomic E-state index is -4.45. The Morgan fingerprint density at radius 2 is 2.20 bits per heavy atom. The van der Waals surface area contributed by atoms with Gasteiger partial charge in [-0.3, -0.25) is 4.79 Å². The fraction of sp³-hybridized carbons (Fsp3) is 0.562. The van der Waals surface area contributed by atoms with Crippen molar-refractivity contribution in [2.75, 3.05) is 26.2 Å². The van der Waals surface area contributed by atoms with Gasteiger partial charge in [-0.2, -0.15) is 13.2 Å². The summed E-state index contributed by atoms with van der Waals surface area (Å²) in [6.07, 6.45) is -4.74. The Hall–Kier alpha value is -1.51. The van der Waals surface area contributed by atoms with Crippen LogP contribution in [-0.2, 0) is 11.0 Å². The molecule has 9 heteroatoms. The van der Waals surface area contributed by atoms with Gasteiger partial charge >= 0.3 is 6.18 Å². The fourth-order valence-electron chi connectivity index (χ4n) is 2.45. The number of hydrogen-bond donors (Lipinski definition) is 3. The van der Waals surface area contributed by atoms with E-state index in [2.05, 4.69) is 10.6 Å². The largest absolute Gasteiger partial charge is 0.491 e. The Morgan fingerprint density at radius 3 is 2.80 bits per heavy atom. The zero-order valence-corrected chi connectivity index (χ0v) is 14.5. The molecule has 2 rings (SSSR count). The van der Waals surface area contributed by atoms with Crippen LogP contribution in [-0.4, -0.2) is 43.4 Å². The van der Waals surface area contributed by atoms with Gasteiger partial charge in [0.1, 0.15) is 18.5 Å². The molecule has 0 saturated carbocycles. The van der Waals surface area contributed by atoms with Crippen LogP contribution in [0.4, 0.5) is 13.2 Å². The first-order valence-electron chi connectivity index (χ1n) is 7.68. The molecule has 2 unspecified atom stereocenters. The molecule has 1 heterocycles. The van der Waals surface area contributed by atoms with Gasteiger partial charge in [0.15, 0.2) is 0 Å². The molecule has 1 amide bonds. The number of amides is 1. The standard InChI is InChI=1S/C16H21F3N2O3.ClH/c1-15(5-6-20-10-15)14(23)21-8-12(22)9-24-13-4-2-3-11(7-13)16(17,18)19;/h2-4,7,12,20,22H,5-6,8-10H2,1H3,(H,21,23);1H. The summed E-state index contributed by atoms with van der Waals surface area (Å²) in [7, 11) is 0. The lowest BCUT2D eigenvalue weighted by Gasteiger charge is -2.22. The predicted octanol–water partition coefficient (Wildman–Crippen LogP) is 1.98. The number of carbonyl (C=O) groups excluding carboxylic acids is 1. The van der Waals surface area contributed by atoms with Gasteiger partial charge in [0.2, 0.25) is 5.91 Å². The van der Waals surface area contributed by atoms with Gasteiger partial charge in [0, 0.05) is 13.1 Å². The summed E-state index contributed by atoms with van der Waals surface area (Å²) >= 11 is 0. The Bertz CT molecular complexity index is 578. The van der Waals surface area contributed by atoms with Gasteiger partial charge in [-0.25, -0.2) is 0 Å². The first-order valence-corrected chi connectivity index (χ1v) is 7.68. The molecule has 5 nitrogen and oxygen atoms in total. The Balaban J connectivity index is 0.00000312. The molecule has 25 heavy (non-hydrogen) atoms. The molecule has 0 aromatic heterocycles. The van der Waals surface area contributed by atoms with Gasteiger partial charge in [-0.05, 0) is 38.1 Å². The number of alkyl halides is 3. The van der Waals surface area contributed by atoms with E-state index in [1.54, 1.807) is 0 Å². The molecular weight excluding hydrogens is 361 g/mol. The second kappa shape index (κ2) is 8.73. The van der Waals surface area contributed by atoms with Crippen LogP contribution in [0.3, 0.4) is 0 Å².